The van der Waals surface area contributed by atoms with Crippen molar-refractivity contribution in [2.24, 2.45) is 0 Å². The molecule has 1 aromatic carbocycles. The van der Waals surface area contributed by atoms with E-state index in [1.807, 2.05) is 36.4 Å². The molecule has 0 aliphatic rings. The number of pyridine rings is 1. The third-order valence-corrected chi connectivity index (χ3v) is 2.03. The highest BCUT2D eigenvalue weighted by molar-refractivity contribution is 6.45. The summed E-state index contributed by atoms with van der Waals surface area (Å²) < 4.78 is 0. The van der Waals surface area contributed by atoms with Crippen LogP contribution in [0.15, 0.2) is 48.8 Å². The van der Waals surface area contributed by atoms with Gasteiger partial charge in [0.25, 0.3) is 0 Å². The Labute approximate surface area is 83.5 Å². The van der Waals surface area contributed by atoms with E-state index in [0.29, 0.717) is 0 Å². The summed E-state index contributed by atoms with van der Waals surface area (Å²) >= 11 is 0. The van der Waals surface area contributed by atoms with Gasteiger partial charge < -0.3 is 5.02 Å². The number of benzene rings is 1. The van der Waals surface area contributed by atoms with Crippen molar-refractivity contribution in [1.29, 1.82) is 0 Å². The topological polar surface area (TPSA) is 33.1 Å². The first-order chi connectivity index (χ1) is 6.90. The van der Waals surface area contributed by atoms with E-state index in [0.717, 1.165) is 24.1 Å². The van der Waals surface area contributed by atoms with Gasteiger partial charge in [-0.3, -0.25) is 4.98 Å². The SMILES string of the molecule is O[B]c1cccc(-c2cccnc2)c1. The Hall–Kier alpha value is -1.61. The van der Waals surface area contributed by atoms with Crippen LogP contribution in [0.4, 0.5) is 0 Å². The maximum Gasteiger partial charge on any atom is 0.326 e. The highest BCUT2D eigenvalue weighted by atomic mass is 16.2. The average Bonchev–Trinajstić information content (AvgIpc) is 2.30. The first-order valence-corrected chi connectivity index (χ1v) is 4.38. The van der Waals surface area contributed by atoms with Gasteiger partial charge in [0.2, 0.25) is 0 Å². The molecule has 0 bridgehead atoms. The molecule has 0 amide bonds. The second-order valence-electron chi connectivity index (χ2n) is 3.00. The Morgan fingerprint density at radius 1 is 1.07 bits per heavy atom. The van der Waals surface area contributed by atoms with Crippen molar-refractivity contribution in [1.82, 2.24) is 4.98 Å². The minimum Gasteiger partial charge on any atom is -0.450 e. The molecule has 2 rings (SSSR count). The van der Waals surface area contributed by atoms with E-state index in [-0.39, 0.29) is 0 Å². The Morgan fingerprint density at radius 2 is 1.93 bits per heavy atom. The van der Waals surface area contributed by atoms with Gasteiger partial charge in [0.15, 0.2) is 0 Å². The first-order valence-electron chi connectivity index (χ1n) is 4.38. The van der Waals surface area contributed by atoms with Crippen LogP contribution in [-0.4, -0.2) is 17.5 Å². The molecule has 0 atom stereocenters. The van der Waals surface area contributed by atoms with Gasteiger partial charge in [-0.2, -0.15) is 0 Å². The Bertz CT molecular complexity index is 417. The van der Waals surface area contributed by atoms with Gasteiger partial charge in [0.1, 0.15) is 0 Å². The number of hydrogen-bond donors (Lipinski definition) is 1. The molecule has 1 radical (unpaired) electrons. The first kappa shape index (κ1) is 8.97. The van der Waals surface area contributed by atoms with E-state index in [1.54, 1.807) is 12.4 Å². The van der Waals surface area contributed by atoms with Crippen molar-refractivity contribution in [3.8, 4) is 11.1 Å². The molecule has 1 heterocycles. The zero-order valence-corrected chi connectivity index (χ0v) is 7.59. The Kier molecular flexibility index (Phi) is 2.61. The van der Waals surface area contributed by atoms with E-state index >= 15 is 0 Å². The predicted octanol–water partition coefficient (Wildman–Crippen LogP) is 0.985. The fourth-order valence-corrected chi connectivity index (χ4v) is 1.33. The summed E-state index contributed by atoms with van der Waals surface area (Å²) in [4.78, 5) is 4.04. The predicted molar refractivity (Wildman–Crippen MR) is 57.3 cm³/mol. The summed E-state index contributed by atoms with van der Waals surface area (Å²) in [6.45, 7) is 0. The van der Waals surface area contributed by atoms with Crippen LogP contribution in [-0.2, 0) is 0 Å². The highest BCUT2D eigenvalue weighted by Crippen LogP contribution is 2.15. The molecule has 1 N–H and O–H groups in total. The summed E-state index contributed by atoms with van der Waals surface area (Å²) in [5.41, 5.74) is 2.91. The van der Waals surface area contributed by atoms with Crippen molar-refractivity contribution < 1.29 is 5.02 Å². The Morgan fingerprint density at radius 3 is 2.64 bits per heavy atom. The van der Waals surface area contributed by atoms with Crippen LogP contribution < -0.4 is 5.46 Å². The lowest BCUT2D eigenvalue weighted by atomic mass is 9.87. The lowest BCUT2D eigenvalue weighted by Gasteiger charge is -2.01. The molecule has 0 unspecified atom stereocenters. The molecule has 2 aromatic rings. The molecule has 2 nitrogen and oxygen atoms in total. The summed E-state index contributed by atoms with van der Waals surface area (Å²) in [7, 11) is 1.10. The van der Waals surface area contributed by atoms with Crippen molar-refractivity contribution in [2.45, 2.75) is 0 Å². The molecule has 0 fully saturated rings. The fourth-order valence-electron chi connectivity index (χ4n) is 1.33. The maximum absolute atomic E-state index is 8.87. The van der Waals surface area contributed by atoms with Gasteiger partial charge in [0.05, 0.1) is 0 Å². The molecule has 67 valence electrons. The number of rotatable bonds is 2. The van der Waals surface area contributed by atoms with Crippen LogP contribution >= 0.6 is 0 Å². The van der Waals surface area contributed by atoms with Crippen LogP contribution in [0.1, 0.15) is 0 Å². The van der Waals surface area contributed by atoms with E-state index in [2.05, 4.69) is 4.98 Å². The zero-order chi connectivity index (χ0) is 9.80. The van der Waals surface area contributed by atoms with Crippen molar-refractivity contribution >= 4 is 12.9 Å². The number of hydrogen-bond acceptors (Lipinski definition) is 2. The van der Waals surface area contributed by atoms with E-state index in [9.17, 15) is 0 Å². The van der Waals surface area contributed by atoms with Gasteiger partial charge >= 0.3 is 7.48 Å². The summed E-state index contributed by atoms with van der Waals surface area (Å²) in [6.07, 6.45) is 3.54. The van der Waals surface area contributed by atoms with Gasteiger partial charge in [-0.25, -0.2) is 0 Å². The summed E-state index contributed by atoms with van der Waals surface area (Å²) in [5.74, 6) is 0. The van der Waals surface area contributed by atoms with Gasteiger partial charge in [-0.05, 0) is 17.2 Å². The van der Waals surface area contributed by atoms with Gasteiger partial charge in [0, 0.05) is 12.4 Å². The molecule has 0 aliphatic carbocycles. The highest BCUT2D eigenvalue weighted by Gasteiger charge is 1.98. The van der Waals surface area contributed by atoms with E-state index in [4.69, 9.17) is 5.02 Å². The standard InChI is InChI=1S/C11H9BNO/c14-12-11-5-1-3-9(7-11)10-4-2-6-13-8-10/h1-8,14H. The van der Waals surface area contributed by atoms with Crippen LogP contribution in [0.3, 0.4) is 0 Å². The van der Waals surface area contributed by atoms with Crippen molar-refractivity contribution in [3.63, 3.8) is 0 Å². The number of nitrogens with zero attached hydrogens (tertiary/aromatic N) is 1. The van der Waals surface area contributed by atoms with E-state index in [1.165, 1.54) is 0 Å². The average molecular weight is 182 g/mol. The molecule has 0 spiro atoms. The lowest BCUT2D eigenvalue weighted by Crippen LogP contribution is -2.12. The maximum atomic E-state index is 8.87. The second kappa shape index (κ2) is 4.07. The zero-order valence-electron chi connectivity index (χ0n) is 7.59. The van der Waals surface area contributed by atoms with Gasteiger partial charge in [-0.1, -0.05) is 35.8 Å². The molecular formula is C11H9BNO. The largest absolute Gasteiger partial charge is 0.450 e. The molecule has 1 aromatic heterocycles. The third kappa shape index (κ3) is 1.83. The molecule has 0 aliphatic heterocycles. The molecule has 3 heteroatoms. The smallest absolute Gasteiger partial charge is 0.326 e. The van der Waals surface area contributed by atoms with Crippen molar-refractivity contribution in [2.75, 3.05) is 0 Å². The molecule has 0 saturated heterocycles. The van der Waals surface area contributed by atoms with Gasteiger partial charge in [-0.15, -0.1) is 0 Å². The van der Waals surface area contributed by atoms with Crippen LogP contribution in [0, 0.1) is 0 Å². The van der Waals surface area contributed by atoms with Crippen LogP contribution in [0.25, 0.3) is 11.1 Å². The Balaban J connectivity index is 2.42. The fraction of sp³-hybridized carbons (Fsp3) is 0. The minimum atomic E-state index is 0.798. The summed E-state index contributed by atoms with van der Waals surface area (Å²) in [6, 6.07) is 11.5. The summed E-state index contributed by atoms with van der Waals surface area (Å²) in [5, 5.41) is 8.87. The normalized spacial score (nSPS) is 9.79. The number of aromatic nitrogens is 1. The van der Waals surface area contributed by atoms with Crippen LogP contribution in [0.2, 0.25) is 0 Å². The third-order valence-electron chi connectivity index (χ3n) is 2.03. The lowest BCUT2D eigenvalue weighted by molar-refractivity contribution is 0.615. The second-order valence-corrected chi connectivity index (χ2v) is 3.00. The minimum absolute atomic E-state index is 0.798. The molecule has 14 heavy (non-hydrogen) atoms. The van der Waals surface area contributed by atoms with E-state index < -0.39 is 0 Å². The monoisotopic (exact) mass is 182 g/mol. The molecule has 0 saturated carbocycles. The molecular weight excluding hydrogens is 173 g/mol. The van der Waals surface area contributed by atoms with Crippen LogP contribution in [0.5, 0.6) is 0 Å². The quantitative estimate of drug-likeness (QED) is 0.702. The van der Waals surface area contributed by atoms with Crippen molar-refractivity contribution in [3.05, 3.63) is 48.8 Å².